The lowest BCUT2D eigenvalue weighted by molar-refractivity contribution is -0.126. The highest BCUT2D eigenvalue weighted by Gasteiger charge is 2.25. The number of methoxy groups -OCH3 is 1. The van der Waals surface area contributed by atoms with Crippen molar-refractivity contribution >= 4 is 5.91 Å². The maximum Gasteiger partial charge on any atom is 0.222 e. The molecule has 0 unspecified atom stereocenters. The number of aliphatic hydroxyl groups excluding tert-OH is 1. The fourth-order valence-electron chi connectivity index (χ4n) is 1.84. The zero-order chi connectivity index (χ0) is 15.1. The fraction of sp³-hybridized carbons (Fsp3) is 0.533. The van der Waals surface area contributed by atoms with Gasteiger partial charge in [0.15, 0.2) is 0 Å². The molecule has 112 valence electrons. The minimum atomic E-state index is -0.789. The van der Waals surface area contributed by atoms with Crippen molar-refractivity contribution < 1.29 is 19.4 Å². The van der Waals surface area contributed by atoms with Crippen molar-refractivity contribution in [3.05, 3.63) is 29.8 Å². The molecule has 0 fully saturated rings. The Morgan fingerprint density at radius 1 is 1.30 bits per heavy atom. The summed E-state index contributed by atoms with van der Waals surface area (Å²) in [5, 5.41) is 9.92. The standard InChI is InChI=1S/C15H23NO4/c1-10(14(17)11(2)15(16)18)8-20-9-12-4-6-13(19-3)7-5-12/h4-7,10-11,14,17H,8-9H2,1-3H3,(H2,16,18)/t10-,11-,14-/m0/s1. The summed E-state index contributed by atoms with van der Waals surface area (Å²) in [7, 11) is 1.62. The number of hydrogen-bond acceptors (Lipinski definition) is 4. The quantitative estimate of drug-likeness (QED) is 0.753. The van der Waals surface area contributed by atoms with Gasteiger partial charge in [0, 0.05) is 5.92 Å². The molecule has 0 heterocycles. The summed E-state index contributed by atoms with van der Waals surface area (Å²) in [5.41, 5.74) is 6.19. The van der Waals surface area contributed by atoms with Crippen LogP contribution in [0.25, 0.3) is 0 Å². The molecule has 1 rings (SSSR count). The molecule has 0 saturated heterocycles. The number of amides is 1. The second kappa shape index (κ2) is 7.87. The Morgan fingerprint density at radius 3 is 2.40 bits per heavy atom. The lowest BCUT2D eigenvalue weighted by Gasteiger charge is -2.22. The maximum absolute atomic E-state index is 11.0. The number of rotatable bonds is 8. The molecule has 1 amide bonds. The molecule has 0 spiro atoms. The van der Waals surface area contributed by atoms with Crippen LogP contribution in [0.4, 0.5) is 0 Å². The molecule has 0 aliphatic carbocycles. The fourth-order valence-corrected chi connectivity index (χ4v) is 1.84. The molecule has 20 heavy (non-hydrogen) atoms. The van der Waals surface area contributed by atoms with Gasteiger partial charge in [-0.25, -0.2) is 0 Å². The number of benzene rings is 1. The van der Waals surface area contributed by atoms with Crippen molar-refractivity contribution in [2.75, 3.05) is 13.7 Å². The van der Waals surface area contributed by atoms with Gasteiger partial charge in [0.1, 0.15) is 5.75 Å². The van der Waals surface area contributed by atoms with Crippen LogP contribution in [0.3, 0.4) is 0 Å². The van der Waals surface area contributed by atoms with Crippen LogP contribution >= 0.6 is 0 Å². The number of aliphatic hydroxyl groups is 1. The molecular weight excluding hydrogens is 258 g/mol. The van der Waals surface area contributed by atoms with Crippen LogP contribution in [-0.2, 0) is 16.1 Å². The molecule has 5 nitrogen and oxygen atoms in total. The number of carbonyl (C=O) groups is 1. The Balaban J connectivity index is 2.37. The highest BCUT2D eigenvalue weighted by atomic mass is 16.5. The molecule has 0 aliphatic rings. The van der Waals surface area contributed by atoms with E-state index >= 15 is 0 Å². The Hall–Kier alpha value is -1.59. The van der Waals surface area contributed by atoms with Crippen molar-refractivity contribution in [1.29, 1.82) is 0 Å². The first-order valence-corrected chi connectivity index (χ1v) is 6.63. The first-order valence-electron chi connectivity index (χ1n) is 6.63. The van der Waals surface area contributed by atoms with E-state index in [1.807, 2.05) is 31.2 Å². The molecule has 3 atom stereocenters. The SMILES string of the molecule is COc1ccc(COC[C@H](C)[C@H](O)[C@H](C)C(N)=O)cc1. The third-order valence-electron chi connectivity index (χ3n) is 3.35. The van der Waals surface area contributed by atoms with Crippen LogP contribution < -0.4 is 10.5 Å². The number of carbonyl (C=O) groups excluding carboxylic acids is 1. The molecule has 0 bridgehead atoms. The van der Waals surface area contributed by atoms with Crippen molar-refractivity contribution in [2.45, 2.75) is 26.6 Å². The Morgan fingerprint density at radius 2 is 1.90 bits per heavy atom. The van der Waals surface area contributed by atoms with E-state index in [1.54, 1.807) is 14.0 Å². The lowest BCUT2D eigenvalue weighted by Crippen LogP contribution is -2.36. The maximum atomic E-state index is 11.0. The Labute approximate surface area is 119 Å². The van der Waals surface area contributed by atoms with Crippen LogP contribution in [0.2, 0.25) is 0 Å². The second-order valence-electron chi connectivity index (χ2n) is 5.02. The summed E-state index contributed by atoms with van der Waals surface area (Å²) in [4.78, 5) is 11.0. The zero-order valence-electron chi connectivity index (χ0n) is 12.2. The Bertz CT molecular complexity index is 418. The van der Waals surface area contributed by atoms with Crippen molar-refractivity contribution in [3.63, 3.8) is 0 Å². The average Bonchev–Trinajstić information content (AvgIpc) is 2.46. The van der Waals surface area contributed by atoms with E-state index in [4.69, 9.17) is 15.2 Å². The molecule has 0 aromatic heterocycles. The normalized spacial score (nSPS) is 15.4. The molecule has 1 aromatic rings. The zero-order valence-corrected chi connectivity index (χ0v) is 12.2. The number of ether oxygens (including phenoxy) is 2. The third-order valence-corrected chi connectivity index (χ3v) is 3.35. The van der Waals surface area contributed by atoms with Gasteiger partial charge in [0.05, 0.1) is 32.3 Å². The minimum absolute atomic E-state index is 0.157. The van der Waals surface area contributed by atoms with Crippen molar-refractivity contribution in [2.24, 2.45) is 17.6 Å². The molecule has 5 heteroatoms. The van der Waals surface area contributed by atoms with Crippen LogP contribution in [0.15, 0.2) is 24.3 Å². The highest BCUT2D eigenvalue weighted by molar-refractivity contribution is 5.76. The van der Waals surface area contributed by atoms with Gasteiger partial charge in [-0.2, -0.15) is 0 Å². The van der Waals surface area contributed by atoms with E-state index in [2.05, 4.69) is 0 Å². The predicted molar refractivity (Wildman–Crippen MR) is 76.2 cm³/mol. The van der Waals surface area contributed by atoms with E-state index in [0.717, 1.165) is 11.3 Å². The molecule has 0 radical (unpaired) electrons. The van der Waals surface area contributed by atoms with Crippen LogP contribution in [-0.4, -0.2) is 30.8 Å². The summed E-state index contributed by atoms with van der Waals surface area (Å²) in [6.07, 6.45) is -0.789. The van der Waals surface area contributed by atoms with E-state index < -0.39 is 17.9 Å². The second-order valence-corrected chi connectivity index (χ2v) is 5.02. The summed E-state index contributed by atoms with van der Waals surface area (Å²) in [6, 6.07) is 7.58. The minimum Gasteiger partial charge on any atom is -0.497 e. The van der Waals surface area contributed by atoms with Gasteiger partial charge in [-0.05, 0) is 17.7 Å². The largest absolute Gasteiger partial charge is 0.497 e. The summed E-state index contributed by atoms with van der Waals surface area (Å²) < 4.78 is 10.6. The number of hydrogen-bond donors (Lipinski definition) is 2. The van der Waals surface area contributed by atoms with Gasteiger partial charge >= 0.3 is 0 Å². The molecule has 3 N–H and O–H groups in total. The summed E-state index contributed by atoms with van der Waals surface area (Å²) >= 11 is 0. The number of nitrogens with two attached hydrogens (primary N) is 1. The van der Waals surface area contributed by atoms with Gasteiger partial charge in [0.2, 0.25) is 5.91 Å². The highest BCUT2D eigenvalue weighted by Crippen LogP contribution is 2.15. The van der Waals surface area contributed by atoms with E-state index in [1.165, 1.54) is 0 Å². The summed E-state index contributed by atoms with van der Waals surface area (Å²) in [6.45, 7) is 4.27. The first kappa shape index (κ1) is 16.5. The van der Waals surface area contributed by atoms with Crippen LogP contribution in [0.5, 0.6) is 5.75 Å². The predicted octanol–water partition coefficient (Wildman–Crippen LogP) is 1.33. The molecule has 0 saturated carbocycles. The topological polar surface area (TPSA) is 81.8 Å². The van der Waals surface area contributed by atoms with E-state index in [-0.39, 0.29) is 5.92 Å². The van der Waals surface area contributed by atoms with E-state index in [0.29, 0.717) is 13.2 Å². The number of primary amides is 1. The van der Waals surface area contributed by atoms with Crippen LogP contribution in [0, 0.1) is 11.8 Å². The Kier molecular flexibility index (Phi) is 6.48. The first-order chi connectivity index (χ1) is 9.45. The smallest absolute Gasteiger partial charge is 0.222 e. The van der Waals surface area contributed by atoms with Gasteiger partial charge in [-0.3, -0.25) is 4.79 Å². The third kappa shape index (κ3) is 4.83. The molecular formula is C15H23NO4. The lowest BCUT2D eigenvalue weighted by atomic mass is 9.93. The van der Waals surface area contributed by atoms with Gasteiger partial charge < -0.3 is 20.3 Å². The van der Waals surface area contributed by atoms with Gasteiger partial charge in [0.25, 0.3) is 0 Å². The van der Waals surface area contributed by atoms with E-state index in [9.17, 15) is 9.90 Å². The van der Waals surface area contributed by atoms with Gasteiger partial charge in [-0.1, -0.05) is 26.0 Å². The molecule has 1 aromatic carbocycles. The molecule has 0 aliphatic heterocycles. The van der Waals surface area contributed by atoms with Crippen molar-refractivity contribution in [1.82, 2.24) is 0 Å². The summed E-state index contributed by atoms with van der Waals surface area (Å²) in [5.74, 6) is -0.433. The van der Waals surface area contributed by atoms with Gasteiger partial charge in [-0.15, -0.1) is 0 Å². The monoisotopic (exact) mass is 281 g/mol. The van der Waals surface area contributed by atoms with Crippen LogP contribution in [0.1, 0.15) is 19.4 Å². The average molecular weight is 281 g/mol. The van der Waals surface area contributed by atoms with Crippen molar-refractivity contribution in [3.8, 4) is 5.75 Å².